The Kier molecular flexibility index (Phi) is 5.88. The van der Waals surface area contributed by atoms with Crippen molar-refractivity contribution in [1.29, 1.82) is 0 Å². The number of alkyl halides is 3. The highest BCUT2D eigenvalue weighted by atomic mass is 35.5. The zero-order valence-electron chi connectivity index (χ0n) is 14.9. The Morgan fingerprint density at radius 3 is 2.38 bits per heavy atom. The molecule has 1 aliphatic rings. The van der Waals surface area contributed by atoms with Crippen LogP contribution in [-0.4, -0.2) is 24.2 Å². The molecule has 2 unspecified atom stereocenters. The van der Waals surface area contributed by atoms with Crippen LogP contribution in [0, 0.1) is 0 Å². The summed E-state index contributed by atoms with van der Waals surface area (Å²) in [7, 11) is 1.29. The number of rotatable bonds is 4. The first kappa shape index (κ1) is 20.5. The van der Waals surface area contributed by atoms with Crippen LogP contribution in [0.3, 0.4) is 0 Å². The number of halogens is 4. The van der Waals surface area contributed by atoms with Gasteiger partial charge in [0.15, 0.2) is 0 Å². The van der Waals surface area contributed by atoms with Crippen LogP contribution in [0.15, 0.2) is 42.6 Å². The molecule has 3 nitrogen and oxygen atoms in total. The van der Waals surface area contributed by atoms with E-state index in [0.29, 0.717) is 5.82 Å². The summed E-state index contributed by atoms with van der Waals surface area (Å²) in [6.45, 7) is 4.34. The maximum absolute atomic E-state index is 13.0. The summed E-state index contributed by atoms with van der Waals surface area (Å²) in [5.74, 6) is 0.589. The molecule has 2 N–H and O–H groups in total. The number of pyridine rings is 1. The van der Waals surface area contributed by atoms with Gasteiger partial charge in [0.05, 0.1) is 0 Å². The van der Waals surface area contributed by atoms with Crippen molar-refractivity contribution in [2.45, 2.75) is 43.9 Å². The molecule has 0 saturated carbocycles. The lowest BCUT2D eigenvalue weighted by Crippen LogP contribution is -2.36. The van der Waals surface area contributed by atoms with Gasteiger partial charge in [-0.25, -0.2) is 4.98 Å². The minimum absolute atomic E-state index is 0. The summed E-state index contributed by atoms with van der Waals surface area (Å²) in [5.41, 5.74) is 2.64. The summed E-state index contributed by atoms with van der Waals surface area (Å²) >= 11 is 0. The second-order valence-corrected chi connectivity index (χ2v) is 7.02. The molecule has 2 aromatic rings. The van der Waals surface area contributed by atoms with Crippen LogP contribution in [0.2, 0.25) is 0 Å². The number of nitrogens with zero attached hydrogens (tertiary/aromatic N) is 1. The second kappa shape index (κ2) is 7.45. The molecular weight excluding hydrogens is 363 g/mol. The predicted octanol–water partition coefficient (Wildman–Crippen LogP) is 4.64. The van der Waals surface area contributed by atoms with Crippen molar-refractivity contribution in [3.63, 3.8) is 0 Å². The lowest BCUT2D eigenvalue weighted by Gasteiger charge is -2.29. The SMILES string of the molecule is CNC(c1ccc(NC2Cc3ccccc3C2(C)C)nc1)C(F)(F)F.Cl. The molecule has 142 valence electrons. The summed E-state index contributed by atoms with van der Waals surface area (Å²) in [6.07, 6.45) is -2.19. The minimum atomic E-state index is -4.35. The van der Waals surface area contributed by atoms with Crippen LogP contribution in [0.4, 0.5) is 19.0 Å². The van der Waals surface area contributed by atoms with Crippen molar-refractivity contribution in [3.05, 3.63) is 59.3 Å². The highest BCUT2D eigenvalue weighted by Gasteiger charge is 2.41. The molecule has 0 spiro atoms. The van der Waals surface area contributed by atoms with Crippen LogP contribution < -0.4 is 10.6 Å². The number of hydrogen-bond donors (Lipinski definition) is 2. The fraction of sp³-hybridized carbons (Fsp3) is 0.421. The molecule has 0 amide bonds. The lowest BCUT2D eigenvalue weighted by atomic mass is 9.83. The third-order valence-corrected chi connectivity index (χ3v) is 5.06. The standard InChI is InChI=1S/C19H22F3N3.ClH/c1-18(2)14-7-5-4-6-12(14)10-15(18)25-16-9-8-13(11-24-16)17(23-3)19(20,21)22;/h4-9,11,15,17,23H,10H2,1-3H3,(H,24,25);1H. The fourth-order valence-electron chi connectivity index (χ4n) is 3.58. The van der Waals surface area contributed by atoms with Gasteiger partial charge in [0.2, 0.25) is 0 Å². The first-order chi connectivity index (χ1) is 11.7. The van der Waals surface area contributed by atoms with Gasteiger partial charge in [0.25, 0.3) is 0 Å². The van der Waals surface area contributed by atoms with Crippen LogP contribution in [0.1, 0.15) is 36.6 Å². The van der Waals surface area contributed by atoms with Gasteiger partial charge >= 0.3 is 6.18 Å². The number of nitrogens with one attached hydrogen (secondary N) is 2. The van der Waals surface area contributed by atoms with E-state index < -0.39 is 12.2 Å². The molecule has 1 aromatic heterocycles. The normalized spacial score (nSPS) is 19.4. The van der Waals surface area contributed by atoms with E-state index in [2.05, 4.69) is 41.6 Å². The Morgan fingerprint density at radius 1 is 1.15 bits per heavy atom. The summed E-state index contributed by atoms with van der Waals surface area (Å²) in [5, 5.41) is 5.68. The smallest absolute Gasteiger partial charge is 0.366 e. The molecule has 7 heteroatoms. The third-order valence-electron chi connectivity index (χ3n) is 5.06. The predicted molar refractivity (Wildman–Crippen MR) is 99.9 cm³/mol. The Labute approximate surface area is 157 Å². The maximum atomic E-state index is 13.0. The molecule has 1 heterocycles. The average molecular weight is 386 g/mol. The van der Waals surface area contributed by atoms with E-state index in [1.54, 1.807) is 6.07 Å². The Morgan fingerprint density at radius 2 is 1.85 bits per heavy atom. The van der Waals surface area contributed by atoms with Crippen molar-refractivity contribution in [2.24, 2.45) is 0 Å². The number of benzene rings is 1. The molecular formula is C19H23ClF3N3. The molecule has 0 saturated heterocycles. The molecule has 3 rings (SSSR count). The fourth-order valence-corrected chi connectivity index (χ4v) is 3.58. The van der Waals surface area contributed by atoms with Crippen molar-refractivity contribution in [3.8, 4) is 0 Å². The zero-order valence-corrected chi connectivity index (χ0v) is 15.7. The third kappa shape index (κ3) is 3.81. The number of anilines is 1. The van der Waals surface area contributed by atoms with E-state index in [1.165, 1.54) is 30.4 Å². The molecule has 0 fully saturated rings. The van der Waals surface area contributed by atoms with Crippen molar-refractivity contribution >= 4 is 18.2 Å². The first-order valence-corrected chi connectivity index (χ1v) is 8.28. The van der Waals surface area contributed by atoms with E-state index in [1.807, 2.05) is 12.1 Å². The summed E-state index contributed by atoms with van der Waals surface area (Å²) in [4.78, 5) is 4.20. The van der Waals surface area contributed by atoms with Crippen molar-refractivity contribution in [1.82, 2.24) is 10.3 Å². The van der Waals surface area contributed by atoms with Crippen molar-refractivity contribution in [2.75, 3.05) is 12.4 Å². The van der Waals surface area contributed by atoms with Gasteiger partial charge in [-0.3, -0.25) is 0 Å². The van der Waals surface area contributed by atoms with Gasteiger partial charge in [-0.05, 0) is 36.2 Å². The van der Waals surface area contributed by atoms with Crippen LogP contribution in [0.25, 0.3) is 0 Å². The molecule has 0 radical (unpaired) electrons. The zero-order chi connectivity index (χ0) is 18.2. The van der Waals surface area contributed by atoms with Crippen molar-refractivity contribution < 1.29 is 13.2 Å². The average Bonchev–Trinajstić information content (AvgIpc) is 2.80. The lowest BCUT2D eigenvalue weighted by molar-refractivity contribution is -0.156. The van der Waals surface area contributed by atoms with Gasteiger partial charge in [0.1, 0.15) is 11.9 Å². The highest BCUT2D eigenvalue weighted by molar-refractivity contribution is 5.85. The quantitative estimate of drug-likeness (QED) is 0.805. The van der Waals surface area contributed by atoms with E-state index in [4.69, 9.17) is 0 Å². The van der Waals surface area contributed by atoms with Crippen LogP contribution in [0.5, 0.6) is 0 Å². The van der Waals surface area contributed by atoms with E-state index in [9.17, 15) is 13.2 Å². The number of aromatic nitrogens is 1. The van der Waals surface area contributed by atoms with Gasteiger partial charge in [0, 0.05) is 17.7 Å². The summed E-state index contributed by atoms with van der Waals surface area (Å²) < 4.78 is 38.9. The Balaban J connectivity index is 0.00000243. The van der Waals surface area contributed by atoms with Gasteiger partial charge < -0.3 is 10.6 Å². The molecule has 0 aliphatic heterocycles. The molecule has 0 bridgehead atoms. The maximum Gasteiger partial charge on any atom is 0.407 e. The number of hydrogen-bond acceptors (Lipinski definition) is 3. The molecule has 1 aromatic carbocycles. The largest absolute Gasteiger partial charge is 0.407 e. The number of fused-ring (bicyclic) bond motifs is 1. The second-order valence-electron chi connectivity index (χ2n) is 7.02. The highest BCUT2D eigenvalue weighted by Crippen LogP contribution is 2.40. The van der Waals surface area contributed by atoms with Crippen LogP contribution in [-0.2, 0) is 11.8 Å². The first-order valence-electron chi connectivity index (χ1n) is 8.28. The Bertz CT molecular complexity index is 744. The molecule has 1 aliphatic carbocycles. The van der Waals surface area contributed by atoms with E-state index in [-0.39, 0.29) is 29.4 Å². The van der Waals surface area contributed by atoms with E-state index >= 15 is 0 Å². The van der Waals surface area contributed by atoms with Gasteiger partial charge in [-0.1, -0.05) is 44.2 Å². The van der Waals surface area contributed by atoms with E-state index in [0.717, 1.165) is 6.42 Å². The Hall–Kier alpha value is -1.79. The molecule has 26 heavy (non-hydrogen) atoms. The molecule has 2 atom stereocenters. The van der Waals surface area contributed by atoms with Gasteiger partial charge in [-0.15, -0.1) is 12.4 Å². The van der Waals surface area contributed by atoms with Crippen LogP contribution >= 0.6 is 12.4 Å². The minimum Gasteiger partial charge on any atom is -0.366 e. The monoisotopic (exact) mass is 385 g/mol. The summed E-state index contributed by atoms with van der Waals surface area (Å²) in [6, 6.07) is 9.84. The van der Waals surface area contributed by atoms with Gasteiger partial charge in [-0.2, -0.15) is 13.2 Å². The topological polar surface area (TPSA) is 37.0 Å².